The van der Waals surface area contributed by atoms with Crippen LogP contribution in [0.1, 0.15) is 13.8 Å². The van der Waals surface area contributed by atoms with Crippen molar-refractivity contribution in [2.45, 2.75) is 25.9 Å². The van der Waals surface area contributed by atoms with Crippen LogP contribution < -0.4 is 10.2 Å². The van der Waals surface area contributed by atoms with Crippen molar-refractivity contribution in [2.24, 2.45) is 0 Å². The lowest BCUT2D eigenvalue weighted by atomic mass is 10.1. The molecule has 0 saturated carbocycles. The summed E-state index contributed by atoms with van der Waals surface area (Å²) < 4.78 is 13.1. The number of rotatable bonds is 1. The van der Waals surface area contributed by atoms with E-state index in [-0.39, 0.29) is 10.8 Å². The molecule has 1 aliphatic rings. The van der Waals surface area contributed by atoms with Gasteiger partial charge < -0.3 is 10.2 Å². The van der Waals surface area contributed by atoms with E-state index in [0.29, 0.717) is 12.1 Å². The Bertz CT molecular complexity index is 373. The number of anilines is 1. The molecule has 1 fully saturated rings. The number of piperazine rings is 1. The van der Waals surface area contributed by atoms with Gasteiger partial charge in [-0.3, -0.25) is 0 Å². The molecule has 4 heteroatoms. The number of halogens is 2. The van der Waals surface area contributed by atoms with Crippen molar-refractivity contribution in [3.8, 4) is 0 Å². The van der Waals surface area contributed by atoms with Crippen LogP contribution in [0, 0.1) is 5.82 Å². The molecule has 1 aromatic carbocycles. The average Bonchev–Trinajstić information content (AvgIpc) is 2.23. The van der Waals surface area contributed by atoms with Gasteiger partial charge in [-0.1, -0.05) is 11.6 Å². The Morgan fingerprint density at radius 2 is 1.94 bits per heavy atom. The van der Waals surface area contributed by atoms with E-state index < -0.39 is 0 Å². The molecule has 1 N–H and O–H groups in total. The zero-order valence-electron chi connectivity index (χ0n) is 9.50. The molecule has 0 bridgehead atoms. The quantitative estimate of drug-likeness (QED) is 0.815. The fraction of sp³-hybridized carbons (Fsp3) is 0.500. The van der Waals surface area contributed by atoms with Crippen LogP contribution in [-0.4, -0.2) is 25.2 Å². The Morgan fingerprint density at radius 3 is 2.50 bits per heavy atom. The van der Waals surface area contributed by atoms with Crippen LogP contribution in [-0.2, 0) is 0 Å². The van der Waals surface area contributed by atoms with E-state index >= 15 is 0 Å². The Kier molecular flexibility index (Phi) is 3.36. The van der Waals surface area contributed by atoms with Gasteiger partial charge in [0.15, 0.2) is 0 Å². The smallest absolute Gasteiger partial charge is 0.141 e. The monoisotopic (exact) mass is 242 g/mol. The van der Waals surface area contributed by atoms with E-state index in [0.717, 1.165) is 18.8 Å². The molecule has 0 amide bonds. The summed E-state index contributed by atoms with van der Waals surface area (Å²) >= 11 is 5.81. The summed E-state index contributed by atoms with van der Waals surface area (Å²) in [4.78, 5) is 2.28. The van der Waals surface area contributed by atoms with Crippen LogP contribution >= 0.6 is 11.6 Å². The molecule has 2 nitrogen and oxygen atoms in total. The molecule has 1 aliphatic heterocycles. The lowest BCUT2D eigenvalue weighted by molar-refractivity contribution is 0.432. The number of benzene rings is 1. The maximum Gasteiger partial charge on any atom is 0.141 e. The van der Waals surface area contributed by atoms with Crippen molar-refractivity contribution in [3.63, 3.8) is 0 Å². The third kappa shape index (κ3) is 2.15. The minimum atomic E-state index is -0.360. The summed E-state index contributed by atoms with van der Waals surface area (Å²) in [5.41, 5.74) is 0.993. The SMILES string of the molecule is CC1CNCC(C)N1c1ccc(F)c(Cl)c1. The second-order valence-corrected chi connectivity index (χ2v) is 4.77. The minimum absolute atomic E-state index is 0.190. The van der Waals surface area contributed by atoms with E-state index in [2.05, 4.69) is 24.1 Å². The van der Waals surface area contributed by atoms with Crippen molar-refractivity contribution < 1.29 is 4.39 Å². The molecule has 0 aromatic heterocycles. The van der Waals surface area contributed by atoms with Gasteiger partial charge in [0.1, 0.15) is 5.82 Å². The number of nitrogens with zero attached hydrogens (tertiary/aromatic N) is 1. The highest BCUT2D eigenvalue weighted by molar-refractivity contribution is 6.31. The van der Waals surface area contributed by atoms with Gasteiger partial charge in [-0.05, 0) is 32.0 Å². The van der Waals surface area contributed by atoms with Crippen LogP contribution in [0.25, 0.3) is 0 Å². The van der Waals surface area contributed by atoms with Crippen molar-refractivity contribution in [1.29, 1.82) is 0 Å². The first-order valence-electron chi connectivity index (χ1n) is 5.53. The summed E-state index contributed by atoms with van der Waals surface area (Å²) in [6, 6.07) is 5.71. The van der Waals surface area contributed by atoms with E-state index in [1.807, 2.05) is 0 Å². The molecule has 16 heavy (non-hydrogen) atoms. The third-order valence-electron chi connectivity index (χ3n) is 3.03. The van der Waals surface area contributed by atoms with E-state index in [1.54, 1.807) is 12.1 Å². The molecular formula is C12H16ClFN2. The maximum absolute atomic E-state index is 13.1. The zero-order valence-corrected chi connectivity index (χ0v) is 10.3. The second-order valence-electron chi connectivity index (χ2n) is 4.36. The predicted octanol–water partition coefficient (Wildman–Crippen LogP) is 2.67. The summed E-state index contributed by atoms with van der Waals surface area (Å²) in [5.74, 6) is -0.360. The molecule has 2 unspecified atom stereocenters. The van der Waals surface area contributed by atoms with Gasteiger partial charge in [-0.15, -0.1) is 0 Å². The van der Waals surface area contributed by atoms with E-state index in [1.165, 1.54) is 6.07 Å². The number of hydrogen-bond donors (Lipinski definition) is 1. The first-order valence-corrected chi connectivity index (χ1v) is 5.91. The fourth-order valence-electron chi connectivity index (χ4n) is 2.29. The van der Waals surface area contributed by atoms with E-state index in [4.69, 9.17) is 11.6 Å². The predicted molar refractivity (Wildman–Crippen MR) is 65.7 cm³/mol. The Morgan fingerprint density at radius 1 is 1.31 bits per heavy atom. The van der Waals surface area contributed by atoms with Crippen LogP contribution in [0.15, 0.2) is 18.2 Å². The second kappa shape index (κ2) is 4.60. The Balaban J connectivity index is 2.30. The first-order chi connectivity index (χ1) is 7.59. The summed E-state index contributed by atoms with van der Waals surface area (Å²) in [6.45, 7) is 6.19. The third-order valence-corrected chi connectivity index (χ3v) is 3.32. The molecule has 1 heterocycles. The van der Waals surface area contributed by atoms with Crippen molar-refractivity contribution in [1.82, 2.24) is 5.32 Å². The van der Waals surface area contributed by atoms with Gasteiger partial charge in [0.2, 0.25) is 0 Å². The molecule has 0 radical (unpaired) electrons. The van der Waals surface area contributed by atoms with Crippen LogP contribution in [0.5, 0.6) is 0 Å². The van der Waals surface area contributed by atoms with Crippen LogP contribution in [0.3, 0.4) is 0 Å². The maximum atomic E-state index is 13.1. The Labute approximate surface area is 100 Å². The highest BCUT2D eigenvalue weighted by Crippen LogP contribution is 2.26. The lowest BCUT2D eigenvalue weighted by Crippen LogP contribution is -2.55. The van der Waals surface area contributed by atoms with E-state index in [9.17, 15) is 4.39 Å². The van der Waals surface area contributed by atoms with Crippen LogP contribution in [0.4, 0.5) is 10.1 Å². The van der Waals surface area contributed by atoms with Gasteiger partial charge in [0.05, 0.1) is 5.02 Å². The largest absolute Gasteiger partial charge is 0.364 e. The van der Waals surface area contributed by atoms with Gasteiger partial charge in [-0.25, -0.2) is 4.39 Å². The molecule has 0 aliphatic carbocycles. The minimum Gasteiger partial charge on any atom is -0.364 e. The van der Waals surface area contributed by atoms with Crippen molar-refractivity contribution in [2.75, 3.05) is 18.0 Å². The summed E-state index contributed by atoms with van der Waals surface area (Å²) in [6.07, 6.45) is 0. The molecule has 2 atom stereocenters. The van der Waals surface area contributed by atoms with Gasteiger partial charge >= 0.3 is 0 Å². The number of hydrogen-bond acceptors (Lipinski definition) is 2. The van der Waals surface area contributed by atoms with Crippen molar-refractivity contribution >= 4 is 17.3 Å². The molecule has 0 spiro atoms. The lowest BCUT2D eigenvalue weighted by Gasteiger charge is -2.41. The Hall–Kier alpha value is -0.800. The highest BCUT2D eigenvalue weighted by atomic mass is 35.5. The van der Waals surface area contributed by atoms with Crippen molar-refractivity contribution in [3.05, 3.63) is 29.0 Å². The molecule has 1 aromatic rings. The first kappa shape index (κ1) is 11.7. The normalized spacial score (nSPS) is 25.9. The van der Waals surface area contributed by atoms with Crippen LogP contribution in [0.2, 0.25) is 5.02 Å². The topological polar surface area (TPSA) is 15.3 Å². The number of nitrogens with one attached hydrogen (secondary N) is 1. The highest BCUT2D eigenvalue weighted by Gasteiger charge is 2.24. The summed E-state index contributed by atoms with van der Waals surface area (Å²) in [7, 11) is 0. The van der Waals surface area contributed by atoms with Gasteiger partial charge in [0, 0.05) is 30.9 Å². The molecular weight excluding hydrogens is 227 g/mol. The fourth-order valence-corrected chi connectivity index (χ4v) is 2.46. The summed E-state index contributed by atoms with van der Waals surface area (Å²) in [5, 5.41) is 3.55. The average molecular weight is 243 g/mol. The van der Waals surface area contributed by atoms with Gasteiger partial charge in [0.25, 0.3) is 0 Å². The standard InChI is InChI=1S/C12H16ClFN2/c1-8-6-15-7-9(2)16(8)10-3-4-12(14)11(13)5-10/h3-5,8-9,15H,6-7H2,1-2H3. The molecule has 2 rings (SSSR count). The zero-order chi connectivity index (χ0) is 11.7. The molecule has 1 saturated heterocycles. The van der Waals surface area contributed by atoms with Gasteiger partial charge in [-0.2, -0.15) is 0 Å². The molecule has 88 valence electrons.